The maximum atomic E-state index is 11.8. The van der Waals surface area contributed by atoms with Gasteiger partial charge in [0.1, 0.15) is 0 Å². The lowest BCUT2D eigenvalue weighted by molar-refractivity contribution is 0.0441. The van der Waals surface area contributed by atoms with Crippen LogP contribution in [-0.4, -0.2) is 36.1 Å². The molecule has 1 heterocycles. The van der Waals surface area contributed by atoms with Crippen LogP contribution in [0.1, 0.15) is 47.0 Å². The number of hydrogen-bond donors (Lipinski definition) is 1. The topological polar surface area (TPSA) is 83.9 Å². The first-order valence-electron chi connectivity index (χ1n) is 6.01. The highest BCUT2D eigenvalue weighted by molar-refractivity contribution is 7.85. The molecule has 0 bridgehead atoms. The smallest absolute Gasteiger partial charge is 0.423 e. The number of unbranched alkanes of at least 4 members (excludes halogenated alkanes) is 1. The summed E-state index contributed by atoms with van der Waals surface area (Å²) in [5.41, 5.74) is -1.54. The largest absolute Gasteiger partial charge is 0.464 e. The van der Waals surface area contributed by atoms with Crippen LogP contribution in [0, 0.1) is 5.41 Å². The Morgan fingerprint density at radius 3 is 2.39 bits per heavy atom. The van der Waals surface area contributed by atoms with Gasteiger partial charge in [-0.3, -0.25) is 4.18 Å². The minimum absolute atomic E-state index is 0.106. The molecule has 1 atom stereocenters. The third-order valence-electron chi connectivity index (χ3n) is 3.57. The summed E-state index contributed by atoms with van der Waals surface area (Å²) in [7, 11) is -4.17. The third-order valence-corrected chi connectivity index (χ3v) is 4.94. The molecule has 0 radical (unpaired) electrons. The first kappa shape index (κ1) is 15.2. The Morgan fingerprint density at radius 1 is 1.44 bits per heavy atom. The van der Waals surface area contributed by atoms with E-state index in [0.717, 1.165) is 12.8 Å². The second-order valence-electron chi connectivity index (χ2n) is 5.65. The van der Waals surface area contributed by atoms with Gasteiger partial charge < -0.3 is 5.11 Å². The van der Waals surface area contributed by atoms with Gasteiger partial charge in [-0.1, -0.05) is 40.5 Å². The maximum Gasteiger partial charge on any atom is 0.423 e. The molecule has 106 valence electrons. The van der Waals surface area contributed by atoms with Crippen LogP contribution in [0.15, 0.2) is 0 Å². The maximum absolute atomic E-state index is 11.8. The summed E-state index contributed by atoms with van der Waals surface area (Å²) in [6.07, 6.45) is 0.614. The van der Waals surface area contributed by atoms with E-state index in [2.05, 4.69) is 0 Å². The van der Waals surface area contributed by atoms with Crippen molar-refractivity contribution in [1.82, 2.24) is 4.31 Å². The van der Waals surface area contributed by atoms with Crippen molar-refractivity contribution in [2.45, 2.75) is 52.5 Å². The van der Waals surface area contributed by atoms with Crippen LogP contribution in [0.3, 0.4) is 0 Å². The van der Waals surface area contributed by atoms with Crippen LogP contribution in [0.25, 0.3) is 0 Å². The molecule has 1 rings (SSSR count). The number of nitrogens with zero attached hydrogens (tertiary/aromatic N) is 1. The zero-order chi connectivity index (χ0) is 14.2. The molecule has 6 nitrogen and oxygen atoms in total. The monoisotopic (exact) mass is 279 g/mol. The van der Waals surface area contributed by atoms with Crippen LogP contribution in [-0.2, 0) is 14.5 Å². The van der Waals surface area contributed by atoms with E-state index in [0.29, 0.717) is 10.7 Å². The van der Waals surface area contributed by atoms with E-state index in [4.69, 9.17) is 4.18 Å². The molecule has 1 saturated heterocycles. The van der Waals surface area contributed by atoms with Crippen molar-refractivity contribution in [2.75, 3.05) is 6.61 Å². The molecule has 0 aromatic rings. The number of rotatable bonds is 3. The van der Waals surface area contributed by atoms with E-state index in [1.807, 2.05) is 27.7 Å². The number of hydrogen-bond acceptors (Lipinski definition) is 4. The predicted octanol–water partition coefficient (Wildman–Crippen LogP) is 2.22. The lowest BCUT2D eigenvalue weighted by atomic mass is 9.71. The summed E-state index contributed by atoms with van der Waals surface area (Å²) >= 11 is 0. The first-order chi connectivity index (χ1) is 8.08. The van der Waals surface area contributed by atoms with Gasteiger partial charge in [0.15, 0.2) is 0 Å². The van der Waals surface area contributed by atoms with Gasteiger partial charge in [-0.15, -0.1) is 0 Å². The molecular weight excluding hydrogens is 258 g/mol. The Kier molecular flexibility index (Phi) is 3.97. The fraction of sp³-hybridized carbons (Fsp3) is 0.909. The molecule has 7 heteroatoms. The molecule has 1 fully saturated rings. The molecule has 0 spiro atoms. The van der Waals surface area contributed by atoms with Crippen molar-refractivity contribution in [2.24, 2.45) is 5.41 Å². The summed E-state index contributed by atoms with van der Waals surface area (Å²) in [6.45, 7) is 7.38. The Hall–Kier alpha value is -0.820. The van der Waals surface area contributed by atoms with Gasteiger partial charge in [0.25, 0.3) is 0 Å². The fourth-order valence-corrected chi connectivity index (χ4v) is 3.80. The molecule has 0 unspecified atom stereocenters. The van der Waals surface area contributed by atoms with Crippen LogP contribution in [0.5, 0.6) is 0 Å². The molecule has 1 amide bonds. The molecule has 1 N–H and O–H groups in total. The predicted molar refractivity (Wildman–Crippen MR) is 66.4 cm³/mol. The molecule has 1 aliphatic heterocycles. The van der Waals surface area contributed by atoms with Gasteiger partial charge in [0.2, 0.25) is 0 Å². The van der Waals surface area contributed by atoms with Crippen LogP contribution >= 0.6 is 0 Å². The molecular formula is C11H21NO5S. The van der Waals surface area contributed by atoms with E-state index >= 15 is 0 Å². The Labute approximate surface area is 108 Å². The average molecular weight is 279 g/mol. The summed E-state index contributed by atoms with van der Waals surface area (Å²) in [6, 6.07) is 0. The highest BCUT2D eigenvalue weighted by Gasteiger charge is 2.59. The zero-order valence-corrected chi connectivity index (χ0v) is 12.1. The van der Waals surface area contributed by atoms with Crippen molar-refractivity contribution in [3.05, 3.63) is 0 Å². The number of carboxylic acid groups (broad SMARTS) is 1. The lowest BCUT2D eigenvalue weighted by Crippen LogP contribution is -2.58. The van der Waals surface area contributed by atoms with Crippen molar-refractivity contribution in [1.29, 1.82) is 0 Å². The minimum atomic E-state index is -4.17. The Bertz CT molecular complexity index is 425. The molecule has 18 heavy (non-hydrogen) atoms. The average Bonchev–Trinajstić information content (AvgIpc) is 2.47. The standard InChI is InChI=1S/C11H21NO5S/c1-5-6-7-11(10(2,3)4)8-17-18(15,16)12(11)9(13)14/h5-8H2,1-4H3,(H,13,14)/t11-/m1/s1. The zero-order valence-electron chi connectivity index (χ0n) is 11.3. The number of carbonyl (C=O) groups is 1. The van der Waals surface area contributed by atoms with Gasteiger partial charge in [-0.2, -0.15) is 12.7 Å². The highest BCUT2D eigenvalue weighted by Crippen LogP contribution is 2.45. The van der Waals surface area contributed by atoms with E-state index in [9.17, 15) is 18.3 Å². The normalized spacial score (nSPS) is 27.4. The molecule has 1 aliphatic rings. The summed E-state index contributed by atoms with van der Waals surface area (Å²) in [5.74, 6) is 0. The SMILES string of the molecule is CCCC[C@]1(C(C)(C)C)COS(=O)(=O)N1C(=O)O. The van der Waals surface area contributed by atoms with Crippen molar-refractivity contribution < 1.29 is 22.5 Å². The van der Waals surface area contributed by atoms with Gasteiger partial charge in [-0.25, -0.2) is 4.79 Å². The minimum Gasteiger partial charge on any atom is -0.464 e. The van der Waals surface area contributed by atoms with Gasteiger partial charge in [0, 0.05) is 0 Å². The van der Waals surface area contributed by atoms with E-state index in [1.54, 1.807) is 0 Å². The van der Waals surface area contributed by atoms with Crippen molar-refractivity contribution in [3.8, 4) is 0 Å². The van der Waals surface area contributed by atoms with Crippen LogP contribution in [0.2, 0.25) is 0 Å². The second kappa shape index (κ2) is 4.70. The van der Waals surface area contributed by atoms with E-state index < -0.39 is 27.4 Å². The molecule has 0 aliphatic carbocycles. The fourth-order valence-electron chi connectivity index (χ4n) is 2.32. The van der Waals surface area contributed by atoms with E-state index in [1.165, 1.54) is 0 Å². The lowest BCUT2D eigenvalue weighted by Gasteiger charge is -2.43. The van der Waals surface area contributed by atoms with Crippen LogP contribution in [0.4, 0.5) is 4.79 Å². The number of amides is 1. The Balaban J connectivity index is 3.30. The summed E-state index contributed by atoms with van der Waals surface area (Å²) in [5, 5.41) is 9.21. The van der Waals surface area contributed by atoms with Gasteiger partial charge in [-0.05, 0) is 11.8 Å². The van der Waals surface area contributed by atoms with Crippen LogP contribution < -0.4 is 0 Å². The molecule has 0 aromatic carbocycles. The summed E-state index contributed by atoms with van der Waals surface area (Å²) < 4.78 is 28.8. The molecule has 0 saturated carbocycles. The third kappa shape index (κ3) is 2.33. The van der Waals surface area contributed by atoms with Gasteiger partial charge in [0.05, 0.1) is 12.1 Å². The molecule has 0 aromatic heterocycles. The van der Waals surface area contributed by atoms with Gasteiger partial charge >= 0.3 is 16.4 Å². The van der Waals surface area contributed by atoms with Crippen molar-refractivity contribution >= 4 is 16.4 Å². The Morgan fingerprint density at radius 2 is 2.00 bits per heavy atom. The quantitative estimate of drug-likeness (QED) is 0.856. The van der Waals surface area contributed by atoms with Crippen molar-refractivity contribution in [3.63, 3.8) is 0 Å². The second-order valence-corrected chi connectivity index (χ2v) is 7.11. The summed E-state index contributed by atoms with van der Waals surface area (Å²) in [4.78, 5) is 11.3. The first-order valence-corrected chi connectivity index (χ1v) is 7.38. The highest BCUT2D eigenvalue weighted by atomic mass is 32.2. The van der Waals surface area contributed by atoms with E-state index in [-0.39, 0.29) is 6.61 Å².